The fraction of sp³-hybridized carbons (Fsp3) is 0.208. The molecule has 1 heterocycles. The number of likely N-dealkylation sites (N-methyl/N-ethyl adjacent to an activating group) is 1. The third-order valence-electron chi connectivity index (χ3n) is 4.88. The van der Waals surface area contributed by atoms with E-state index in [0.29, 0.717) is 12.2 Å². The Morgan fingerprint density at radius 3 is 2.55 bits per heavy atom. The normalized spacial score (nSPS) is 10.6. The Kier molecular flexibility index (Phi) is 7.07. The summed E-state index contributed by atoms with van der Waals surface area (Å²) in [6.07, 6.45) is 1.66. The van der Waals surface area contributed by atoms with Gasteiger partial charge in [0.15, 0.2) is 0 Å². The predicted molar refractivity (Wildman–Crippen MR) is 125 cm³/mol. The summed E-state index contributed by atoms with van der Waals surface area (Å²) in [5.74, 6) is -0.830. The lowest BCUT2D eigenvalue weighted by molar-refractivity contribution is -0.116. The molecule has 0 atom stereocenters. The quantitative estimate of drug-likeness (QED) is 0.578. The fourth-order valence-corrected chi connectivity index (χ4v) is 3.76. The number of rotatable bonds is 6. The lowest BCUT2D eigenvalue weighted by Gasteiger charge is -2.18. The minimum atomic E-state index is -0.494. The van der Waals surface area contributed by atoms with Crippen molar-refractivity contribution in [2.75, 3.05) is 18.9 Å². The number of carbonyl (C=O) groups excluding carboxylic acids is 2. The predicted octanol–water partition coefficient (Wildman–Crippen LogP) is 3.99. The Morgan fingerprint density at radius 2 is 1.84 bits per heavy atom. The van der Waals surface area contributed by atoms with Crippen molar-refractivity contribution in [1.29, 1.82) is 0 Å². The molecular formula is C24H24BrN3O3. The summed E-state index contributed by atoms with van der Waals surface area (Å²) in [6.45, 7) is 4.08. The first-order chi connectivity index (χ1) is 14.7. The number of aromatic nitrogens is 1. The van der Waals surface area contributed by atoms with Crippen molar-refractivity contribution in [2.45, 2.75) is 20.4 Å². The molecule has 1 aromatic heterocycles. The number of pyridine rings is 1. The van der Waals surface area contributed by atoms with E-state index in [1.165, 1.54) is 22.6 Å². The van der Waals surface area contributed by atoms with Crippen LogP contribution in [0.3, 0.4) is 0 Å². The highest BCUT2D eigenvalue weighted by molar-refractivity contribution is 9.10. The molecule has 3 rings (SSSR count). The lowest BCUT2D eigenvalue weighted by Crippen LogP contribution is -2.38. The van der Waals surface area contributed by atoms with Gasteiger partial charge < -0.3 is 14.8 Å². The SMILES string of the molecule is Cc1cccc(Cn2cccc(C(=O)N(C)CC(=O)Nc3ccc(Br)cc3C)c2=O)c1. The van der Waals surface area contributed by atoms with Crippen LogP contribution in [0.5, 0.6) is 0 Å². The molecule has 0 saturated carbocycles. The van der Waals surface area contributed by atoms with E-state index in [9.17, 15) is 14.4 Å². The molecule has 0 radical (unpaired) electrons. The lowest BCUT2D eigenvalue weighted by atomic mass is 10.1. The van der Waals surface area contributed by atoms with Crippen LogP contribution < -0.4 is 10.9 Å². The zero-order valence-corrected chi connectivity index (χ0v) is 19.3. The van der Waals surface area contributed by atoms with E-state index in [4.69, 9.17) is 0 Å². The molecule has 2 amide bonds. The van der Waals surface area contributed by atoms with E-state index in [1.54, 1.807) is 18.3 Å². The van der Waals surface area contributed by atoms with Gasteiger partial charge >= 0.3 is 0 Å². The van der Waals surface area contributed by atoms with E-state index in [-0.39, 0.29) is 23.6 Å². The molecule has 1 N–H and O–H groups in total. The molecule has 6 nitrogen and oxygen atoms in total. The first kappa shape index (κ1) is 22.5. The largest absolute Gasteiger partial charge is 0.332 e. The van der Waals surface area contributed by atoms with Gasteiger partial charge in [-0.05, 0) is 55.3 Å². The van der Waals surface area contributed by atoms with Gasteiger partial charge in [-0.3, -0.25) is 14.4 Å². The first-order valence-electron chi connectivity index (χ1n) is 9.81. The van der Waals surface area contributed by atoms with Gasteiger partial charge in [0.05, 0.1) is 13.1 Å². The van der Waals surface area contributed by atoms with Crippen LogP contribution in [-0.4, -0.2) is 34.9 Å². The summed E-state index contributed by atoms with van der Waals surface area (Å²) in [6, 6.07) is 16.5. The highest BCUT2D eigenvalue weighted by Crippen LogP contribution is 2.20. The molecule has 0 unspecified atom stereocenters. The second kappa shape index (κ2) is 9.75. The van der Waals surface area contributed by atoms with E-state index in [1.807, 2.05) is 50.2 Å². The smallest absolute Gasteiger partial charge is 0.263 e. The maximum absolute atomic E-state index is 12.9. The number of nitrogens with one attached hydrogen (secondary N) is 1. The van der Waals surface area contributed by atoms with Crippen LogP contribution in [0, 0.1) is 13.8 Å². The van der Waals surface area contributed by atoms with Gasteiger partial charge in [0.1, 0.15) is 5.56 Å². The standard InChI is InChI=1S/C24H24BrN3O3/c1-16-6-4-7-18(12-16)14-28-11-5-8-20(24(28)31)23(30)27(3)15-22(29)26-21-10-9-19(25)13-17(21)2/h4-13H,14-15H2,1-3H3,(H,26,29). The van der Waals surface area contributed by atoms with E-state index in [0.717, 1.165) is 21.2 Å². The number of carbonyl (C=O) groups is 2. The summed E-state index contributed by atoms with van der Waals surface area (Å²) in [4.78, 5) is 39.4. The number of hydrogen-bond donors (Lipinski definition) is 1. The Balaban J connectivity index is 1.71. The molecule has 0 fully saturated rings. The number of nitrogens with zero attached hydrogens (tertiary/aromatic N) is 2. The number of hydrogen-bond acceptors (Lipinski definition) is 3. The minimum absolute atomic E-state index is 0.0327. The molecule has 0 aliphatic heterocycles. The van der Waals surface area contributed by atoms with Crippen molar-refractivity contribution in [2.24, 2.45) is 0 Å². The molecule has 0 aliphatic rings. The molecule has 0 aliphatic carbocycles. The van der Waals surface area contributed by atoms with Gasteiger partial charge in [-0.15, -0.1) is 0 Å². The molecular weight excluding hydrogens is 458 g/mol. The van der Waals surface area contributed by atoms with E-state index in [2.05, 4.69) is 21.2 Å². The van der Waals surface area contributed by atoms with Gasteiger partial charge in [-0.2, -0.15) is 0 Å². The highest BCUT2D eigenvalue weighted by Gasteiger charge is 2.19. The number of halogens is 1. The van der Waals surface area contributed by atoms with E-state index < -0.39 is 5.91 Å². The molecule has 7 heteroatoms. The van der Waals surface area contributed by atoms with Crippen LogP contribution in [0.2, 0.25) is 0 Å². The maximum Gasteiger partial charge on any atom is 0.263 e. The molecule has 0 saturated heterocycles. The summed E-state index contributed by atoms with van der Waals surface area (Å²) >= 11 is 3.39. The number of anilines is 1. The van der Waals surface area contributed by atoms with Gasteiger partial charge in [-0.25, -0.2) is 0 Å². The van der Waals surface area contributed by atoms with Crippen molar-refractivity contribution in [1.82, 2.24) is 9.47 Å². The van der Waals surface area contributed by atoms with Gasteiger partial charge in [0.25, 0.3) is 11.5 Å². The number of amides is 2. The van der Waals surface area contributed by atoms with Crippen molar-refractivity contribution < 1.29 is 9.59 Å². The minimum Gasteiger partial charge on any atom is -0.332 e. The summed E-state index contributed by atoms with van der Waals surface area (Å²) in [7, 11) is 1.51. The molecule has 0 spiro atoms. The van der Waals surface area contributed by atoms with Crippen molar-refractivity contribution in [3.8, 4) is 0 Å². The van der Waals surface area contributed by atoms with Crippen LogP contribution in [0.1, 0.15) is 27.0 Å². The summed E-state index contributed by atoms with van der Waals surface area (Å²) < 4.78 is 2.42. The van der Waals surface area contributed by atoms with Gasteiger partial charge in [0, 0.05) is 23.4 Å². The number of aryl methyl sites for hydroxylation is 2. The third-order valence-corrected chi connectivity index (χ3v) is 5.37. The zero-order chi connectivity index (χ0) is 22.5. The van der Waals surface area contributed by atoms with Crippen LogP contribution in [-0.2, 0) is 11.3 Å². The Labute approximate surface area is 189 Å². The van der Waals surface area contributed by atoms with Crippen molar-refractivity contribution >= 4 is 33.4 Å². The second-order valence-corrected chi connectivity index (χ2v) is 8.43. The molecule has 2 aromatic carbocycles. The average Bonchev–Trinajstić information content (AvgIpc) is 2.71. The van der Waals surface area contributed by atoms with Gasteiger partial charge in [0.2, 0.25) is 5.91 Å². The molecule has 31 heavy (non-hydrogen) atoms. The second-order valence-electron chi connectivity index (χ2n) is 7.51. The summed E-state index contributed by atoms with van der Waals surface area (Å²) in [5, 5.41) is 2.80. The topological polar surface area (TPSA) is 71.4 Å². The Hall–Kier alpha value is -3.19. The van der Waals surface area contributed by atoms with Gasteiger partial charge in [-0.1, -0.05) is 45.8 Å². The Bertz CT molecular complexity index is 1190. The zero-order valence-electron chi connectivity index (χ0n) is 17.7. The van der Waals surface area contributed by atoms with E-state index >= 15 is 0 Å². The van der Waals surface area contributed by atoms with Crippen LogP contribution in [0.4, 0.5) is 5.69 Å². The van der Waals surface area contributed by atoms with Crippen molar-refractivity contribution in [3.05, 3.63) is 97.9 Å². The van der Waals surface area contributed by atoms with Crippen LogP contribution in [0.15, 0.2) is 70.1 Å². The summed E-state index contributed by atoms with van der Waals surface area (Å²) in [5.41, 5.74) is 3.30. The molecule has 0 bridgehead atoms. The Morgan fingerprint density at radius 1 is 1.06 bits per heavy atom. The molecule has 3 aromatic rings. The average molecular weight is 482 g/mol. The maximum atomic E-state index is 12.9. The molecule has 160 valence electrons. The number of benzene rings is 2. The third kappa shape index (κ3) is 5.70. The highest BCUT2D eigenvalue weighted by atomic mass is 79.9. The fourth-order valence-electron chi connectivity index (χ4n) is 3.28. The van der Waals surface area contributed by atoms with Crippen molar-refractivity contribution in [3.63, 3.8) is 0 Å². The first-order valence-corrected chi connectivity index (χ1v) is 10.6. The van der Waals surface area contributed by atoms with Crippen LogP contribution >= 0.6 is 15.9 Å². The monoisotopic (exact) mass is 481 g/mol. The van der Waals surface area contributed by atoms with Crippen LogP contribution in [0.25, 0.3) is 0 Å².